The summed E-state index contributed by atoms with van der Waals surface area (Å²) >= 11 is 5.90. The Morgan fingerprint density at radius 1 is 1.14 bits per heavy atom. The Balaban J connectivity index is 1.95. The third-order valence-electron chi connectivity index (χ3n) is 2.95. The van der Waals surface area contributed by atoms with Crippen LogP contribution >= 0.6 is 11.6 Å². The van der Waals surface area contributed by atoms with Gasteiger partial charge in [0.25, 0.3) is 5.91 Å². The van der Waals surface area contributed by atoms with Crippen LogP contribution in [0.2, 0.25) is 5.02 Å². The number of carbonyl (C=O) groups excluding carboxylic acids is 1. The highest BCUT2D eigenvalue weighted by Gasteiger charge is 2.21. The summed E-state index contributed by atoms with van der Waals surface area (Å²) in [6.45, 7) is 0. The van der Waals surface area contributed by atoms with Gasteiger partial charge in [-0.1, -0.05) is 35.9 Å². The maximum absolute atomic E-state index is 13.2. The summed E-state index contributed by atoms with van der Waals surface area (Å²) in [5, 5.41) is 3.21. The highest BCUT2D eigenvalue weighted by Crippen LogP contribution is 2.18. The van der Waals surface area contributed by atoms with E-state index in [1.54, 1.807) is 36.4 Å². The molecule has 1 aliphatic heterocycles. The number of nitrogens with one attached hydrogen (secondary N) is 1. The molecular weight excluding hydrogens is 291 g/mol. The van der Waals surface area contributed by atoms with Gasteiger partial charge in [-0.15, -0.1) is 0 Å². The highest BCUT2D eigenvalue weighted by atomic mass is 35.5. The number of hydrogen-bond acceptors (Lipinski definition) is 2. The minimum atomic E-state index is -0.378. The van der Waals surface area contributed by atoms with Crippen molar-refractivity contribution in [3.63, 3.8) is 0 Å². The molecule has 0 bridgehead atoms. The maximum Gasteiger partial charge on any atom is 0.275 e. The van der Waals surface area contributed by atoms with Crippen molar-refractivity contribution in [2.24, 2.45) is 4.99 Å². The molecule has 0 aromatic heterocycles. The quantitative estimate of drug-likeness (QED) is 0.849. The topological polar surface area (TPSA) is 41.5 Å². The minimum Gasteiger partial charge on any atom is -0.305 e. The average Bonchev–Trinajstić information content (AvgIpc) is 2.80. The van der Waals surface area contributed by atoms with Crippen LogP contribution in [0.25, 0.3) is 6.08 Å². The van der Waals surface area contributed by atoms with Crippen molar-refractivity contribution in [1.82, 2.24) is 5.32 Å². The second-order valence-electron chi connectivity index (χ2n) is 4.51. The molecule has 0 unspecified atom stereocenters. The molecule has 0 atom stereocenters. The van der Waals surface area contributed by atoms with Crippen LogP contribution in [0.4, 0.5) is 4.39 Å². The fourth-order valence-electron chi connectivity index (χ4n) is 2.00. The Labute approximate surface area is 125 Å². The zero-order valence-corrected chi connectivity index (χ0v) is 11.6. The largest absolute Gasteiger partial charge is 0.305 e. The van der Waals surface area contributed by atoms with E-state index in [0.29, 0.717) is 16.4 Å². The highest BCUT2D eigenvalue weighted by molar-refractivity contribution is 6.30. The SMILES string of the molecule is O=C1NC(c2cccc(F)c2)=N/C1=C/c1cccc(Cl)c1. The predicted octanol–water partition coefficient (Wildman–Crippen LogP) is 3.40. The Hall–Kier alpha value is -2.46. The summed E-state index contributed by atoms with van der Waals surface area (Å²) in [5.41, 5.74) is 1.56. The summed E-state index contributed by atoms with van der Waals surface area (Å²) < 4.78 is 13.2. The van der Waals surface area contributed by atoms with Gasteiger partial charge in [0.1, 0.15) is 17.3 Å². The summed E-state index contributed by atoms with van der Waals surface area (Å²) in [7, 11) is 0. The molecule has 0 aliphatic carbocycles. The molecule has 1 amide bonds. The molecule has 1 aliphatic rings. The van der Waals surface area contributed by atoms with E-state index in [0.717, 1.165) is 5.56 Å². The molecule has 0 spiro atoms. The Kier molecular flexibility index (Phi) is 3.54. The smallest absolute Gasteiger partial charge is 0.275 e. The zero-order chi connectivity index (χ0) is 14.8. The summed E-state index contributed by atoms with van der Waals surface area (Å²) in [6.07, 6.45) is 1.63. The van der Waals surface area contributed by atoms with Gasteiger partial charge in [-0.2, -0.15) is 0 Å². The third kappa shape index (κ3) is 3.01. The standard InChI is InChI=1S/C16H10ClFN2O/c17-12-5-1-3-10(7-12)8-14-16(21)20-15(19-14)11-4-2-6-13(18)9-11/h1-9H,(H,19,20,21)/b14-8+. The van der Waals surface area contributed by atoms with Gasteiger partial charge in [-0.05, 0) is 35.9 Å². The minimum absolute atomic E-state index is 0.261. The first-order valence-electron chi connectivity index (χ1n) is 6.25. The van der Waals surface area contributed by atoms with Crippen LogP contribution in [0.5, 0.6) is 0 Å². The molecular formula is C16H10ClFN2O. The molecule has 0 saturated carbocycles. The third-order valence-corrected chi connectivity index (χ3v) is 3.18. The molecule has 1 N–H and O–H groups in total. The van der Waals surface area contributed by atoms with Crippen LogP contribution in [-0.4, -0.2) is 11.7 Å². The molecule has 2 aromatic rings. The molecule has 2 aromatic carbocycles. The van der Waals surface area contributed by atoms with Crippen LogP contribution in [0, 0.1) is 5.82 Å². The van der Waals surface area contributed by atoms with E-state index in [-0.39, 0.29) is 17.4 Å². The lowest BCUT2D eigenvalue weighted by molar-refractivity contribution is -0.115. The number of amidine groups is 1. The number of hydrogen-bond donors (Lipinski definition) is 1. The number of nitrogens with zero attached hydrogens (tertiary/aromatic N) is 1. The number of amides is 1. The Morgan fingerprint density at radius 3 is 2.71 bits per heavy atom. The van der Waals surface area contributed by atoms with E-state index in [1.807, 2.05) is 6.07 Å². The number of carbonyl (C=O) groups is 1. The van der Waals surface area contributed by atoms with Crippen molar-refractivity contribution in [1.29, 1.82) is 0 Å². The summed E-state index contributed by atoms with van der Waals surface area (Å²) in [6, 6.07) is 13.0. The lowest BCUT2D eigenvalue weighted by Gasteiger charge is -1.99. The van der Waals surface area contributed by atoms with Crippen LogP contribution in [-0.2, 0) is 4.79 Å². The fraction of sp³-hybridized carbons (Fsp3) is 0. The van der Waals surface area contributed by atoms with Crippen molar-refractivity contribution < 1.29 is 9.18 Å². The van der Waals surface area contributed by atoms with Crippen molar-refractivity contribution in [2.45, 2.75) is 0 Å². The normalized spacial score (nSPS) is 16.0. The molecule has 104 valence electrons. The molecule has 3 nitrogen and oxygen atoms in total. The lowest BCUT2D eigenvalue weighted by atomic mass is 10.2. The fourth-order valence-corrected chi connectivity index (χ4v) is 2.19. The molecule has 0 saturated heterocycles. The van der Waals surface area contributed by atoms with Crippen LogP contribution in [0.15, 0.2) is 59.2 Å². The van der Waals surface area contributed by atoms with E-state index in [4.69, 9.17) is 11.6 Å². The van der Waals surface area contributed by atoms with E-state index < -0.39 is 0 Å². The number of aliphatic imine (C=N–C) groups is 1. The molecule has 5 heteroatoms. The van der Waals surface area contributed by atoms with Gasteiger partial charge in [-0.25, -0.2) is 9.38 Å². The van der Waals surface area contributed by atoms with E-state index >= 15 is 0 Å². The van der Waals surface area contributed by atoms with Crippen LogP contribution < -0.4 is 5.32 Å². The lowest BCUT2D eigenvalue weighted by Crippen LogP contribution is -2.24. The molecule has 0 fully saturated rings. The second kappa shape index (κ2) is 5.50. The van der Waals surface area contributed by atoms with Crippen molar-refractivity contribution in [3.8, 4) is 0 Å². The first-order chi connectivity index (χ1) is 10.1. The van der Waals surface area contributed by atoms with Crippen molar-refractivity contribution in [3.05, 3.63) is 76.2 Å². The van der Waals surface area contributed by atoms with Crippen LogP contribution in [0.3, 0.4) is 0 Å². The number of benzene rings is 2. The van der Waals surface area contributed by atoms with E-state index in [1.165, 1.54) is 12.1 Å². The Morgan fingerprint density at radius 2 is 1.95 bits per heavy atom. The second-order valence-corrected chi connectivity index (χ2v) is 4.95. The number of rotatable bonds is 2. The van der Waals surface area contributed by atoms with Crippen molar-refractivity contribution >= 4 is 29.4 Å². The average molecular weight is 301 g/mol. The van der Waals surface area contributed by atoms with Gasteiger partial charge in [0.2, 0.25) is 0 Å². The molecule has 21 heavy (non-hydrogen) atoms. The maximum atomic E-state index is 13.2. The van der Waals surface area contributed by atoms with Gasteiger partial charge in [-0.3, -0.25) is 4.79 Å². The van der Waals surface area contributed by atoms with Gasteiger partial charge >= 0.3 is 0 Å². The monoisotopic (exact) mass is 300 g/mol. The molecule has 1 heterocycles. The van der Waals surface area contributed by atoms with Gasteiger partial charge < -0.3 is 5.32 Å². The van der Waals surface area contributed by atoms with Gasteiger partial charge in [0.05, 0.1) is 0 Å². The predicted molar refractivity (Wildman–Crippen MR) is 80.5 cm³/mol. The van der Waals surface area contributed by atoms with Crippen molar-refractivity contribution in [2.75, 3.05) is 0 Å². The first-order valence-corrected chi connectivity index (χ1v) is 6.63. The Bertz CT molecular complexity index is 783. The van der Waals surface area contributed by atoms with Gasteiger partial charge in [0, 0.05) is 10.6 Å². The summed E-state index contributed by atoms with van der Waals surface area (Å²) in [5.74, 6) is -0.362. The van der Waals surface area contributed by atoms with Crippen LogP contribution in [0.1, 0.15) is 11.1 Å². The first kappa shape index (κ1) is 13.5. The summed E-state index contributed by atoms with van der Waals surface area (Å²) in [4.78, 5) is 16.1. The molecule has 3 rings (SSSR count). The van der Waals surface area contributed by atoms with E-state index in [2.05, 4.69) is 10.3 Å². The zero-order valence-electron chi connectivity index (χ0n) is 10.8. The molecule has 0 radical (unpaired) electrons. The number of halogens is 2. The van der Waals surface area contributed by atoms with E-state index in [9.17, 15) is 9.18 Å². The van der Waals surface area contributed by atoms with Gasteiger partial charge in [0.15, 0.2) is 0 Å².